The molecule has 0 spiro atoms. The van der Waals surface area contributed by atoms with Crippen molar-refractivity contribution in [3.63, 3.8) is 0 Å². The van der Waals surface area contributed by atoms with E-state index in [1.807, 2.05) is 39.0 Å². The molecule has 19 heavy (non-hydrogen) atoms. The molecule has 0 saturated carbocycles. The summed E-state index contributed by atoms with van der Waals surface area (Å²) in [7, 11) is 0. The van der Waals surface area contributed by atoms with Gasteiger partial charge in [0.05, 0.1) is 0 Å². The Bertz CT molecular complexity index is 496. The molecule has 0 aliphatic heterocycles. The van der Waals surface area contributed by atoms with Gasteiger partial charge in [0.25, 0.3) is 0 Å². The normalized spacial score (nSPS) is 12.3. The maximum atomic E-state index is 11.8. The quantitative estimate of drug-likeness (QED) is 0.592. The second kappa shape index (κ2) is 5.28. The third kappa shape index (κ3) is 3.31. The van der Waals surface area contributed by atoms with Crippen molar-refractivity contribution in [2.75, 3.05) is 0 Å². The first-order valence-corrected chi connectivity index (χ1v) is 6.67. The van der Waals surface area contributed by atoms with Crippen molar-refractivity contribution in [1.82, 2.24) is 0 Å². The van der Waals surface area contributed by atoms with E-state index in [2.05, 4.69) is 13.8 Å². The van der Waals surface area contributed by atoms with Crippen LogP contribution in [0.1, 0.15) is 56.1 Å². The van der Waals surface area contributed by atoms with Gasteiger partial charge >= 0.3 is 0 Å². The second-order valence-corrected chi connectivity index (χ2v) is 6.62. The fraction of sp³-hybridized carbons (Fsp3) is 0.529. The highest BCUT2D eigenvalue weighted by Crippen LogP contribution is 2.40. The molecular formula is C17H24O2. The van der Waals surface area contributed by atoms with Crippen molar-refractivity contribution in [2.24, 2.45) is 10.8 Å². The van der Waals surface area contributed by atoms with E-state index in [1.54, 1.807) is 6.92 Å². The molecule has 0 fully saturated rings. The number of benzene rings is 1. The highest BCUT2D eigenvalue weighted by Gasteiger charge is 2.37. The third-order valence-corrected chi connectivity index (χ3v) is 4.32. The van der Waals surface area contributed by atoms with Gasteiger partial charge in [0.2, 0.25) is 0 Å². The minimum atomic E-state index is -0.425. The number of hydrogen-bond acceptors (Lipinski definition) is 2. The minimum Gasteiger partial charge on any atom is -0.303 e. The lowest BCUT2D eigenvalue weighted by atomic mass is 9.65. The lowest BCUT2D eigenvalue weighted by Crippen LogP contribution is -2.36. The van der Waals surface area contributed by atoms with E-state index in [4.69, 9.17) is 0 Å². The summed E-state index contributed by atoms with van der Waals surface area (Å²) < 4.78 is 0. The minimum absolute atomic E-state index is 0.0819. The molecule has 0 radical (unpaired) electrons. The third-order valence-electron chi connectivity index (χ3n) is 4.32. The van der Waals surface area contributed by atoms with E-state index in [9.17, 15) is 9.59 Å². The Hall–Kier alpha value is -1.44. The van der Waals surface area contributed by atoms with E-state index in [-0.39, 0.29) is 11.2 Å². The van der Waals surface area contributed by atoms with Crippen LogP contribution in [0.3, 0.4) is 0 Å². The summed E-state index contributed by atoms with van der Waals surface area (Å²) in [5.74, 6) is 0.0819. The Morgan fingerprint density at radius 3 is 2.26 bits per heavy atom. The van der Waals surface area contributed by atoms with Crippen molar-refractivity contribution >= 4 is 12.1 Å². The number of hydrogen-bond donors (Lipinski definition) is 0. The number of rotatable bonds is 5. The van der Waals surface area contributed by atoms with Gasteiger partial charge in [0.15, 0.2) is 5.78 Å². The molecule has 1 rings (SSSR count). The number of Topliss-reactive ketones (excluding diaryl/α,β-unsaturated/α-hetero) is 1. The van der Waals surface area contributed by atoms with Gasteiger partial charge < -0.3 is 4.79 Å². The Balaban J connectivity index is 3.19. The summed E-state index contributed by atoms with van der Waals surface area (Å²) >= 11 is 0. The molecule has 2 heteroatoms. The number of carbonyl (C=O) groups is 2. The number of carbonyl (C=O) groups excluding carboxylic acids is 2. The van der Waals surface area contributed by atoms with Crippen molar-refractivity contribution in [2.45, 2.75) is 48.0 Å². The molecular weight excluding hydrogens is 236 g/mol. The van der Waals surface area contributed by atoms with Gasteiger partial charge in [-0.3, -0.25) is 4.79 Å². The monoisotopic (exact) mass is 260 g/mol. The lowest BCUT2D eigenvalue weighted by Gasteiger charge is -2.38. The van der Waals surface area contributed by atoms with E-state index < -0.39 is 5.41 Å². The molecule has 0 aliphatic carbocycles. The van der Waals surface area contributed by atoms with Crippen molar-refractivity contribution in [1.29, 1.82) is 0 Å². The van der Waals surface area contributed by atoms with Crippen LogP contribution in [-0.4, -0.2) is 12.1 Å². The Kier molecular flexibility index (Phi) is 4.34. The second-order valence-electron chi connectivity index (χ2n) is 6.62. The van der Waals surface area contributed by atoms with E-state index in [1.165, 1.54) is 0 Å². The molecule has 0 heterocycles. The van der Waals surface area contributed by atoms with Gasteiger partial charge in [0, 0.05) is 11.0 Å². The Morgan fingerprint density at radius 2 is 1.79 bits per heavy atom. The molecule has 0 aromatic heterocycles. The maximum Gasteiger partial charge on any atom is 0.160 e. The van der Waals surface area contributed by atoms with Crippen LogP contribution < -0.4 is 0 Å². The van der Waals surface area contributed by atoms with Crippen LogP contribution >= 0.6 is 0 Å². The Labute approximate surface area is 116 Å². The Morgan fingerprint density at radius 1 is 1.21 bits per heavy atom. The van der Waals surface area contributed by atoms with Crippen LogP contribution in [0.5, 0.6) is 0 Å². The summed E-state index contributed by atoms with van der Waals surface area (Å²) in [5.41, 5.74) is 2.26. The number of aryl methyl sites for hydroxylation is 1. The molecule has 1 aromatic rings. The number of aldehydes is 1. The van der Waals surface area contributed by atoms with E-state index >= 15 is 0 Å². The zero-order chi connectivity index (χ0) is 14.8. The summed E-state index contributed by atoms with van der Waals surface area (Å²) in [6, 6.07) is 5.96. The molecule has 0 amide bonds. The predicted molar refractivity (Wildman–Crippen MR) is 78.5 cm³/mol. The first-order chi connectivity index (χ1) is 8.60. The first kappa shape index (κ1) is 15.6. The van der Waals surface area contributed by atoms with Gasteiger partial charge in [-0.2, -0.15) is 0 Å². The molecule has 2 nitrogen and oxygen atoms in total. The predicted octanol–water partition coefficient (Wildman–Crippen LogP) is 3.99. The van der Waals surface area contributed by atoms with Crippen LogP contribution in [0.2, 0.25) is 0 Å². The fourth-order valence-corrected chi connectivity index (χ4v) is 2.04. The van der Waals surface area contributed by atoms with Crippen molar-refractivity contribution in [3.8, 4) is 0 Å². The molecule has 1 aromatic carbocycles. The largest absolute Gasteiger partial charge is 0.303 e. The van der Waals surface area contributed by atoms with Gasteiger partial charge in [-0.25, -0.2) is 0 Å². The van der Waals surface area contributed by atoms with Crippen molar-refractivity contribution in [3.05, 3.63) is 34.9 Å². The number of ketones is 1. The molecule has 0 unspecified atom stereocenters. The SMILES string of the molecule is CC(=O)c1cc(C)ccc1CC(C)(C)C(C)(C)C=O. The van der Waals surface area contributed by atoms with Crippen LogP contribution in [0.15, 0.2) is 18.2 Å². The van der Waals surface area contributed by atoms with Gasteiger partial charge in [-0.1, -0.05) is 45.4 Å². The molecule has 0 saturated heterocycles. The highest BCUT2D eigenvalue weighted by atomic mass is 16.1. The lowest BCUT2D eigenvalue weighted by molar-refractivity contribution is -0.120. The van der Waals surface area contributed by atoms with E-state index in [0.29, 0.717) is 6.42 Å². The average Bonchev–Trinajstić information content (AvgIpc) is 2.30. The van der Waals surface area contributed by atoms with Gasteiger partial charge in [0.1, 0.15) is 6.29 Å². The smallest absolute Gasteiger partial charge is 0.160 e. The van der Waals surface area contributed by atoms with Gasteiger partial charge in [-0.15, -0.1) is 0 Å². The average molecular weight is 260 g/mol. The van der Waals surface area contributed by atoms with E-state index in [0.717, 1.165) is 23.0 Å². The standard InChI is InChI=1S/C17H24O2/c1-12-7-8-14(15(9-12)13(2)19)10-16(3,4)17(5,6)11-18/h7-9,11H,10H2,1-6H3. The molecule has 0 N–H and O–H groups in total. The molecule has 0 bridgehead atoms. The fourth-order valence-electron chi connectivity index (χ4n) is 2.04. The highest BCUT2D eigenvalue weighted by molar-refractivity contribution is 5.95. The molecule has 0 atom stereocenters. The summed E-state index contributed by atoms with van der Waals surface area (Å²) in [4.78, 5) is 23.0. The van der Waals surface area contributed by atoms with Crippen LogP contribution in [0.4, 0.5) is 0 Å². The van der Waals surface area contributed by atoms with Crippen molar-refractivity contribution < 1.29 is 9.59 Å². The topological polar surface area (TPSA) is 34.1 Å². The summed E-state index contributed by atoms with van der Waals surface area (Å²) in [6.07, 6.45) is 1.72. The molecule has 104 valence electrons. The summed E-state index contributed by atoms with van der Waals surface area (Å²) in [5, 5.41) is 0. The van der Waals surface area contributed by atoms with Crippen LogP contribution in [0, 0.1) is 17.8 Å². The zero-order valence-electron chi connectivity index (χ0n) is 12.8. The maximum absolute atomic E-state index is 11.8. The van der Waals surface area contributed by atoms with Crippen LogP contribution in [-0.2, 0) is 11.2 Å². The van der Waals surface area contributed by atoms with Gasteiger partial charge in [-0.05, 0) is 37.3 Å². The zero-order valence-corrected chi connectivity index (χ0v) is 12.8. The first-order valence-electron chi connectivity index (χ1n) is 6.67. The summed E-state index contributed by atoms with van der Waals surface area (Å²) in [6.45, 7) is 11.6. The van der Waals surface area contributed by atoms with Crippen LogP contribution in [0.25, 0.3) is 0 Å². The molecule has 0 aliphatic rings.